The molecule has 21 heavy (non-hydrogen) atoms. The Balaban J connectivity index is 1.79. The fourth-order valence-electron chi connectivity index (χ4n) is 2.97. The summed E-state index contributed by atoms with van der Waals surface area (Å²) in [5.74, 6) is 1.08. The van der Waals surface area contributed by atoms with Gasteiger partial charge in [-0.2, -0.15) is 0 Å². The Labute approximate surface area is 124 Å². The molecular formula is C15H21N5O. The van der Waals surface area contributed by atoms with E-state index in [1.54, 1.807) is 6.33 Å². The summed E-state index contributed by atoms with van der Waals surface area (Å²) in [5, 5.41) is 4.53. The van der Waals surface area contributed by atoms with Gasteiger partial charge in [0, 0.05) is 31.7 Å². The van der Waals surface area contributed by atoms with Crippen molar-refractivity contribution in [1.82, 2.24) is 19.9 Å². The molecule has 1 aliphatic rings. The second-order valence-corrected chi connectivity index (χ2v) is 5.59. The fourth-order valence-corrected chi connectivity index (χ4v) is 2.97. The van der Waals surface area contributed by atoms with Crippen molar-refractivity contribution in [3.8, 4) is 0 Å². The minimum atomic E-state index is 0.229. The number of piperidine rings is 1. The largest absolute Gasteiger partial charge is 0.365 e. The summed E-state index contributed by atoms with van der Waals surface area (Å²) in [5.41, 5.74) is 1.98. The number of likely N-dealkylation sites (tertiary alicyclic amines) is 1. The maximum Gasteiger partial charge on any atom is 0.222 e. The Kier molecular flexibility index (Phi) is 3.77. The van der Waals surface area contributed by atoms with Gasteiger partial charge in [0.15, 0.2) is 0 Å². The molecule has 0 unspecified atom stereocenters. The minimum Gasteiger partial charge on any atom is -0.365 e. The van der Waals surface area contributed by atoms with Gasteiger partial charge < -0.3 is 15.2 Å². The number of carbonyl (C=O) groups is 1. The molecule has 2 aromatic rings. The van der Waals surface area contributed by atoms with E-state index < -0.39 is 0 Å². The SMILES string of the molecule is CCC(=O)N1CCC[C@@H](Nc2ncnc3[nH]cc(C)c23)C1. The molecule has 1 atom stereocenters. The van der Waals surface area contributed by atoms with Crippen LogP contribution < -0.4 is 5.32 Å². The van der Waals surface area contributed by atoms with Crippen LogP contribution in [-0.4, -0.2) is 44.9 Å². The number of carbonyl (C=O) groups excluding carboxylic acids is 1. The number of rotatable bonds is 3. The molecule has 2 N–H and O–H groups in total. The minimum absolute atomic E-state index is 0.229. The highest BCUT2D eigenvalue weighted by molar-refractivity contribution is 5.90. The number of nitrogens with one attached hydrogen (secondary N) is 2. The number of hydrogen-bond acceptors (Lipinski definition) is 4. The van der Waals surface area contributed by atoms with Crippen LogP contribution in [0.5, 0.6) is 0 Å². The summed E-state index contributed by atoms with van der Waals surface area (Å²) in [6.07, 6.45) is 6.17. The number of aryl methyl sites for hydroxylation is 1. The molecular weight excluding hydrogens is 266 g/mol. The number of nitrogens with zero attached hydrogens (tertiary/aromatic N) is 3. The van der Waals surface area contributed by atoms with E-state index in [-0.39, 0.29) is 11.9 Å². The zero-order valence-corrected chi connectivity index (χ0v) is 12.5. The molecule has 0 aliphatic carbocycles. The van der Waals surface area contributed by atoms with Crippen LogP contribution in [-0.2, 0) is 4.79 Å². The first-order valence-corrected chi connectivity index (χ1v) is 7.52. The Hall–Kier alpha value is -2.11. The molecule has 1 aliphatic heterocycles. The molecule has 0 bridgehead atoms. The van der Waals surface area contributed by atoms with Crippen molar-refractivity contribution in [1.29, 1.82) is 0 Å². The van der Waals surface area contributed by atoms with E-state index in [2.05, 4.69) is 20.3 Å². The van der Waals surface area contributed by atoms with Crippen LogP contribution in [0.25, 0.3) is 11.0 Å². The number of hydrogen-bond donors (Lipinski definition) is 2. The van der Waals surface area contributed by atoms with Crippen LogP contribution in [0.3, 0.4) is 0 Å². The average molecular weight is 287 g/mol. The molecule has 112 valence electrons. The van der Waals surface area contributed by atoms with Gasteiger partial charge in [-0.3, -0.25) is 4.79 Å². The van der Waals surface area contributed by atoms with Crippen molar-refractivity contribution in [2.24, 2.45) is 0 Å². The highest BCUT2D eigenvalue weighted by Gasteiger charge is 2.23. The lowest BCUT2D eigenvalue weighted by Gasteiger charge is -2.33. The van der Waals surface area contributed by atoms with Crippen molar-refractivity contribution < 1.29 is 4.79 Å². The smallest absolute Gasteiger partial charge is 0.222 e. The molecule has 1 saturated heterocycles. The monoisotopic (exact) mass is 287 g/mol. The van der Waals surface area contributed by atoms with E-state index >= 15 is 0 Å². The maximum absolute atomic E-state index is 11.9. The quantitative estimate of drug-likeness (QED) is 0.906. The third kappa shape index (κ3) is 2.70. The molecule has 1 amide bonds. The number of aromatic nitrogens is 3. The lowest BCUT2D eigenvalue weighted by atomic mass is 10.0. The normalized spacial score (nSPS) is 19.0. The molecule has 0 spiro atoms. The highest BCUT2D eigenvalue weighted by atomic mass is 16.2. The molecule has 3 rings (SSSR count). The van der Waals surface area contributed by atoms with Crippen LogP contribution in [0.2, 0.25) is 0 Å². The zero-order chi connectivity index (χ0) is 14.8. The summed E-state index contributed by atoms with van der Waals surface area (Å²) in [4.78, 5) is 25.6. The third-order valence-corrected chi connectivity index (χ3v) is 4.08. The summed E-state index contributed by atoms with van der Waals surface area (Å²) in [6, 6.07) is 0.252. The van der Waals surface area contributed by atoms with E-state index in [9.17, 15) is 4.79 Å². The van der Waals surface area contributed by atoms with E-state index in [0.29, 0.717) is 6.42 Å². The number of fused-ring (bicyclic) bond motifs is 1. The summed E-state index contributed by atoms with van der Waals surface area (Å²) < 4.78 is 0. The lowest BCUT2D eigenvalue weighted by Crippen LogP contribution is -2.45. The topological polar surface area (TPSA) is 73.9 Å². The summed E-state index contributed by atoms with van der Waals surface area (Å²) in [7, 11) is 0. The van der Waals surface area contributed by atoms with Gasteiger partial charge in [-0.05, 0) is 25.3 Å². The molecule has 2 aromatic heterocycles. The number of H-pyrrole nitrogens is 1. The van der Waals surface area contributed by atoms with Gasteiger partial charge in [-0.1, -0.05) is 6.92 Å². The third-order valence-electron chi connectivity index (χ3n) is 4.08. The van der Waals surface area contributed by atoms with Gasteiger partial charge in [0.1, 0.15) is 17.8 Å². The standard InChI is InChI=1S/C15H21N5O/c1-3-12(21)20-6-4-5-11(8-20)19-15-13-10(2)7-16-14(13)17-9-18-15/h7,9,11H,3-6,8H2,1-2H3,(H2,16,17,18,19)/t11-/m1/s1. The van der Waals surface area contributed by atoms with Gasteiger partial charge >= 0.3 is 0 Å². The van der Waals surface area contributed by atoms with Crippen LogP contribution in [0.15, 0.2) is 12.5 Å². The number of anilines is 1. The van der Waals surface area contributed by atoms with Crippen molar-refractivity contribution in [3.63, 3.8) is 0 Å². The van der Waals surface area contributed by atoms with Crippen LogP contribution in [0.4, 0.5) is 5.82 Å². The molecule has 3 heterocycles. The molecule has 6 nitrogen and oxygen atoms in total. The highest BCUT2D eigenvalue weighted by Crippen LogP contribution is 2.24. The maximum atomic E-state index is 11.9. The summed E-state index contributed by atoms with van der Waals surface area (Å²) >= 11 is 0. The Morgan fingerprint density at radius 3 is 3.19 bits per heavy atom. The Bertz CT molecular complexity index is 651. The molecule has 0 saturated carbocycles. The predicted molar refractivity (Wildman–Crippen MR) is 82.1 cm³/mol. The van der Waals surface area contributed by atoms with Crippen molar-refractivity contribution in [2.75, 3.05) is 18.4 Å². The van der Waals surface area contributed by atoms with E-state index in [1.807, 2.05) is 24.9 Å². The zero-order valence-electron chi connectivity index (χ0n) is 12.5. The number of amides is 1. The molecule has 6 heteroatoms. The Morgan fingerprint density at radius 2 is 2.38 bits per heavy atom. The van der Waals surface area contributed by atoms with Gasteiger partial charge in [0.25, 0.3) is 0 Å². The predicted octanol–water partition coefficient (Wildman–Crippen LogP) is 2.08. The van der Waals surface area contributed by atoms with E-state index in [4.69, 9.17) is 0 Å². The van der Waals surface area contributed by atoms with E-state index in [0.717, 1.165) is 48.3 Å². The van der Waals surface area contributed by atoms with Crippen LogP contribution in [0, 0.1) is 6.92 Å². The van der Waals surface area contributed by atoms with Crippen molar-refractivity contribution in [2.45, 2.75) is 39.2 Å². The first-order valence-electron chi connectivity index (χ1n) is 7.52. The lowest BCUT2D eigenvalue weighted by molar-refractivity contribution is -0.131. The van der Waals surface area contributed by atoms with Crippen molar-refractivity contribution in [3.05, 3.63) is 18.1 Å². The second-order valence-electron chi connectivity index (χ2n) is 5.59. The molecule has 0 radical (unpaired) electrons. The molecule has 1 fully saturated rings. The first kappa shape index (κ1) is 13.9. The van der Waals surface area contributed by atoms with Gasteiger partial charge in [0.2, 0.25) is 5.91 Å². The second kappa shape index (κ2) is 5.71. The first-order chi connectivity index (χ1) is 10.2. The van der Waals surface area contributed by atoms with Gasteiger partial charge in [-0.25, -0.2) is 9.97 Å². The van der Waals surface area contributed by atoms with Gasteiger partial charge in [-0.15, -0.1) is 0 Å². The summed E-state index contributed by atoms with van der Waals surface area (Å²) in [6.45, 7) is 5.58. The number of aromatic amines is 1. The van der Waals surface area contributed by atoms with Crippen LogP contribution in [0.1, 0.15) is 31.7 Å². The average Bonchev–Trinajstić information content (AvgIpc) is 2.89. The Morgan fingerprint density at radius 1 is 1.52 bits per heavy atom. The van der Waals surface area contributed by atoms with Crippen LogP contribution >= 0.6 is 0 Å². The van der Waals surface area contributed by atoms with Gasteiger partial charge in [0.05, 0.1) is 5.39 Å². The van der Waals surface area contributed by atoms with E-state index in [1.165, 1.54) is 0 Å². The fraction of sp³-hybridized carbons (Fsp3) is 0.533. The molecule has 0 aromatic carbocycles. The van der Waals surface area contributed by atoms with Crippen molar-refractivity contribution >= 4 is 22.8 Å².